The molecule has 6 heteroatoms. The number of hydrogen-bond donors (Lipinski definition) is 1. The van der Waals surface area contributed by atoms with Gasteiger partial charge in [0, 0.05) is 17.3 Å². The summed E-state index contributed by atoms with van der Waals surface area (Å²) in [4.78, 5) is 17.8. The van der Waals surface area contributed by atoms with Gasteiger partial charge in [-0.05, 0) is 48.5 Å². The van der Waals surface area contributed by atoms with Gasteiger partial charge < -0.3 is 5.32 Å². The van der Waals surface area contributed by atoms with E-state index in [1.165, 1.54) is 11.8 Å². The SMILES string of the molecule is Cc1cccc(-c2nn(-c3ccccc3)cc2/C=C2\SC(=NCc3ccccc3)NC2=O)c1. The molecule has 1 aliphatic rings. The molecule has 1 saturated heterocycles. The number of carbonyl (C=O) groups excluding carboxylic acids is 1. The number of amides is 1. The number of aliphatic imine (C=N–C) groups is 1. The summed E-state index contributed by atoms with van der Waals surface area (Å²) in [6.45, 7) is 2.59. The van der Waals surface area contributed by atoms with Crippen molar-refractivity contribution in [2.45, 2.75) is 13.5 Å². The molecule has 1 aromatic heterocycles. The molecule has 0 bridgehead atoms. The fourth-order valence-corrected chi connectivity index (χ4v) is 4.42. The first-order chi connectivity index (χ1) is 16.2. The van der Waals surface area contributed by atoms with Crippen LogP contribution in [0.3, 0.4) is 0 Å². The van der Waals surface area contributed by atoms with Crippen LogP contribution in [0.15, 0.2) is 101 Å². The number of hydrogen-bond acceptors (Lipinski definition) is 4. The average Bonchev–Trinajstić information content (AvgIpc) is 3.42. The van der Waals surface area contributed by atoms with Crippen molar-refractivity contribution in [2.24, 2.45) is 4.99 Å². The van der Waals surface area contributed by atoms with Crippen LogP contribution in [0.1, 0.15) is 16.7 Å². The molecule has 0 spiro atoms. The number of carbonyl (C=O) groups is 1. The van der Waals surface area contributed by atoms with Gasteiger partial charge in [0.25, 0.3) is 5.91 Å². The lowest BCUT2D eigenvalue weighted by molar-refractivity contribution is -0.115. The zero-order chi connectivity index (χ0) is 22.6. The van der Waals surface area contributed by atoms with E-state index in [4.69, 9.17) is 5.10 Å². The first-order valence-corrected chi connectivity index (χ1v) is 11.5. The number of para-hydroxylation sites is 1. The molecular formula is C27H22N4OS. The van der Waals surface area contributed by atoms with Gasteiger partial charge in [0.2, 0.25) is 0 Å². The van der Waals surface area contributed by atoms with Crippen LogP contribution < -0.4 is 5.32 Å². The molecular weight excluding hydrogens is 428 g/mol. The molecule has 1 amide bonds. The summed E-state index contributed by atoms with van der Waals surface area (Å²) >= 11 is 1.36. The van der Waals surface area contributed by atoms with Gasteiger partial charge in [-0.25, -0.2) is 4.68 Å². The Kier molecular flexibility index (Phi) is 5.91. The Morgan fingerprint density at radius 2 is 1.76 bits per heavy atom. The predicted octanol–water partition coefficient (Wildman–Crippen LogP) is 5.61. The maximum absolute atomic E-state index is 12.7. The van der Waals surface area contributed by atoms with Gasteiger partial charge in [0.15, 0.2) is 5.17 Å². The highest BCUT2D eigenvalue weighted by Gasteiger charge is 2.24. The van der Waals surface area contributed by atoms with E-state index in [0.717, 1.165) is 33.6 Å². The van der Waals surface area contributed by atoms with Crippen LogP contribution in [-0.4, -0.2) is 20.9 Å². The first-order valence-electron chi connectivity index (χ1n) is 10.7. The summed E-state index contributed by atoms with van der Waals surface area (Å²) < 4.78 is 1.85. The second kappa shape index (κ2) is 9.30. The molecule has 0 saturated carbocycles. The van der Waals surface area contributed by atoms with Crippen LogP contribution in [0.25, 0.3) is 23.0 Å². The zero-order valence-corrected chi connectivity index (χ0v) is 18.9. The van der Waals surface area contributed by atoms with Crippen LogP contribution in [0.5, 0.6) is 0 Å². The summed E-state index contributed by atoms with van der Waals surface area (Å²) in [6.07, 6.45) is 3.86. The molecule has 1 N–H and O–H groups in total. The number of nitrogens with one attached hydrogen (secondary N) is 1. The third-order valence-corrected chi connectivity index (χ3v) is 6.19. The Morgan fingerprint density at radius 3 is 2.52 bits per heavy atom. The van der Waals surface area contributed by atoms with Gasteiger partial charge in [0.1, 0.15) is 0 Å². The van der Waals surface area contributed by atoms with Crippen molar-refractivity contribution in [1.29, 1.82) is 0 Å². The minimum Gasteiger partial charge on any atom is -0.301 e. The largest absolute Gasteiger partial charge is 0.301 e. The Bertz CT molecular complexity index is 1360. The van der Waals surface area contributed by atoms with Crippen LogP contribution >= 0.6 is 11.8 Å². The molecule has 0 unspecified atom stereocenters. The van der Waals surface area contributed by atoms with E-state index in [0.29, 0.717) is 16.6 Å². The normalized spacial score (nSPS) is 15.8. The van der Waals surface area contributed by atoms with Crippen LogP contribution in [-0.2, 0) is 11.3 Å². The average molecular weight is 451 g/mol. The molecule has 0 atom stereocenters. The highest BCUT2D eigenvalue weighted by molar-refractivity contribution is 8.18. The van der Waals surface area contributed by atoms with Crippen molar-refractivity contribution in [1.82, 2.24) is 15.1 Å². The second-order valence-electron chi connectivity index (χ2n) is 7.75. The van der Waals surface area contributed by atoms with Gasteiger partial charge in [-0.2, -0.15) is 5.10 Å². The fourth-order valence-electron chi connectivity index (χ4n) is 3.61. The highest BCUT2D eigenvalue weighted by Crippen LogP contribution is 2.31. The van der Waals surface area contributed by atoms with Gasteiger partial charge in [-0.3, -0.25) is 9.79 Å². The van der Waals surface area contributed by atoms with E-state index >= 15 is 0 Å². The zero-order valence-electron chi connectivity index (χ0n) is 18.1. The Labute approximate surface area is 196 Å². The number of thioether (sulfide) groups is 1. The molecule has 2 heterocycles. The fraction of sp³-hybridized carbons (Fsp3) is 0.0741. The molecule has 3 aromatic carbocycles. The molecule has 33 heavy (non-hydrogen) atoms. The number of nitrogens with zero attached hydrogens (tertiary/aromatic N) is 3. The van der Waals surface area contributed by atoms with Gasteiger partial charge >= 0.3 is 0 Å². The first kappa shape index (κ1) is 21.0. The summed E-state index contributed by atoms with van der Waals surface area (Å²) in [5, 5.41) is 8.35. The monoisotopic (exact) mass is 450 g/mol. The van der Waals surface area contributed by atoms with Crippen molar-refractivity contribution in [3.8, 4) is 16.9 Å². The van der Waals surface area contributed by atoms with E-state index in [-0.39, 0.29) is 5.91 Å². The summed E-state index contributed by atoms with van der Waals surface area (Å²) in [7, 11) is 0. The second-order valence-corrected chi connectivity index (χ2v) is 8.79. The number of aromatic nitrogens is 2. The minimum atomic E-state index is -0.144. The third kappa shape index (κ3) is 4.81. The maximum atomic E-state index is 12.7. The third-order valence-electron chi connectivity index (χ3n) is 5.24. The number of aryl methyl sites for hydroxylation is 1. The Morgan fingerprint density at radius 1 is 1.00 bits per heavy atom. The molecule has 5 nitrogen and oxygen atoms in total. The van der Waals surface area contributed by atoms with Crippen molar-refractivity contribution >= 4 is 28.9 Å². The van der Waals surface area contributed by atoms with E-state index < -0.39 is 0 Å². The van der Waals surface area contributed by atoms with Crippen molar-refractivity contribution < 1.29 is 4.79 Å². The molecule has 4 aromatic rings. The maximum Gasteiger partial charge on any atom is 0.264 e. The minimum absolute atomic E-state index is 0.144. The lowest BCUT2D eigenvalue weighted by atomic mass is 10.1. The molecule has 1 fully saturated rings. The molecule has 0 aliphatic carbocycles. The van der Waals surface area contributed by atoms with Crippen molar-refractivity contribution in [2.75, 3.05) is 0 Å². The molecule has 5 rings (SSSR count). The summed E-state index contributed by atoms with van der Waals surface area (Å²) in [6, 6.07) is 28.2. The van der Waals surface area contributed by atoms with Gasteiger partial charge in [-0.1, -0.05) is 72.3 Å². The van der Waals surface area contributed by atoms with E-state index in [9.17, 15) is 4.79 Å². The summed E-state index contributed by atoms with van der Waals surface area (Å²) in [5.74, 6) is -0.144. The van der Waals surface area contributed by atoms with Crippen LogP contribution in [0, 0.1) is 6.92 Å². The van der Waals surface area contributed by atoms with Crippen molar-refractivity contribution in [3.63, 3.8) is 0 Å². The number of benzene rings is 3. The lowest BCUT2D eigenvalue weighted by Crippen LogP contribution is -2.19. The summed E-state index contributed by atoms with van der Waals surface area (Å²) in [5.41, 5.74) is 5.94. The van der Waals surface area contributed by atoms with Gasteiger partial charge in [-0.15, -0.1) is 0 Å². The highest BCUT2D eigenvalue weighted by atomic mass is 32.2. The molecule has 0 radical (unpaired) electrons. The van der Waals surface area contributed by atoms with E-state index in [2.05, 4.69) is 29.4 Å². The molecule has 162 valence electrons. The number of amidine groups is 1. The van der Waals surface area contributed by atoms with Crippen LogP contribution in [0.2, 0.25) is 0 Å². The van der Waals surface area contributed by atoms with Crippen molar-refractivity contribution in [3.05, 3.63) is 113 Å². The van der Waals surface area contributed by atoms with E-state index in [1.54, 1.807) is 0 Å². The Hall–Kier alpha value is -3.90. The van der Waals surface area contributed by atoms with E-state index in [1.807, 2.05) is 89.8 Å². The van der Waals surface area contributed by atoms with Crippen LogP contribution in [0.4, 0.5) is 0 Å². The quantitative estimate of drug-likeness (QED) is 0.402. The lowest BCUT2D eigenvalue weighted by Gasteiger charge is -2.02. The predicted molar refractivity (Wildman–Crippen MR) is 135 cm³/mol. The Balaban J connectivity index is 1.49. The smallest absolute Gasteiger partial charge is 0.264 e. The molecule has 1 aliphatic heterocycles. The topological polar surface area (TPSA) is 59.3 Å². The number of rotatable bonds is 5. The standard InChI is InChI=1S/C27H22N4OS/c1-19-9-8-12-21(15-19)25-22(18-31(30-25)23-13-6-3-7-14-23)16-24-26(32)29-27(33-24)28-17-20-10-4-2-5-11-20/h2-16,18H,17H2,1H3,(H,28,29,32)/b24-16-. The van der Waals surface area contributed by atoms with Gasteiger partial charge in [0.05, 0.1) is 22.8 Å².